The smallest absolute Gasteiger partial charge is 0.254 e. The first-order chi connectivity index (χ1) is 9.77. The number of nitrogens with zero attached hydrogens (tertiary/aromatic N) is 2. The zero-order valence-corrected chi connectivity index (χ0v) is 11.1. The largest absolute Gasteiger partial charge is 0.618 e. The van der Waals surface area contributed by atoms with E-state index in [2.05, 4.69) is 4.98 Å². The van der Waals surface area contributed by atoms with Crippen molar-refractivity contribution in [1.82, 2.24) is 4.98 Å². The van der Waals surface area contributed by atoms with Gasteiger partial charge in [0.05, 0.1) is 5.56 Å². The number of aromatic nitrogens is 2. The summed E-state index contributed by atoms with van der Waals surface area (Å²) in [5, 5.41) is 12.7. The zero-order chi connectivity index (χ0) is 13.7. The van der Waals surface area contributed by atoms with Crippen LogP contribution in [0.15, 0.2) is 24.3 Å². The van der Waals surface area contributed by atoms with Gasteiger partial charge in [0, 0.05) is 12.0 Å². The Labute approximate surface area is 116 Å². The van der Waals surface area contributed by atoms with Crippen molar-refractivity contribution in [3.05, 3.63) is 52.1 Å². The van der Waals surface area contributed by atoms with Gasteiger partial charge in [0.25, 0.3) is 5.69 Å². The number of rotatable bonds is 0. The number of carbonyl (C=O) groups is 1. The summed E-state index contributed by atoms with van der Waals surface area (Å²) in [6.45, 7) is 0. The lowest BCUT2D eigenvalue weighted by Gasteiger charge is -2.10. The van der Waals surface area contributed by atoms with Gasteiger partial charge in [0.1, 0.15) is 5.69 Å². The number of carbonyl (C=O) groups excluding carboxylic acids is 1. The van der Waals surface area contributed by atoms with E-state index in [0.717, 1.165) is 53.8 Å². The normalized spacial score (nSPS) is 16.3. The fraction of sp³-hybridized carbons (Fsp3) is 0.312. The first-order valence-electron chi connectivity index (χ1n) is 7.07. The van der Waals surface area contributed by atoms with Crippen molar-refractivity contribution in [3.8, 4) is 11.3 Å². The first kappa shape index (κ1) is 11.6. The van der Waals surface area contributed by atoms with Gasteiger partial charge in [-0.15, -0.1) is 0 Å². The summed E-state index contributed by atoms with van der Waals surface area (Å²) in [4.78, 5) is 16.9. The molecule has 0 bridgehead atoms. The third kappa shape index (κ3) is 1.45. The molecule has 2 aliphatic carbocycles. The van der Waals surface area contributed by atoms with E-state index < -0.39 is 0 Å². The van der Waals surface area contributed by atoms with Crippen molar-refractivity contribution in [1.29, 1.82) is 0 Å². The van der Waals surface area contributed by atoms with Crippen molar-refractivity contribution in [2.75, 3.05) is 0 Å². The predicted molar refractivity (Wildman–Crippen MR) is 73.3 cm³/mol. The van der Waals surface area contributed by atoms with Crippen LogP contribution in [0.4, 0.5) is 0 Å². The molecule has 4 nitrogen and oxygen atoms in total. The van der Waals surface area contributed by atoms with Crippen LogP contribution < -0.4 is 4.73 Å². The number of aryl methyl sites for hydroxylation is 1. The maximum Gasteiger partial charge on any atom is 0.254 e. The van der Waals surface area contributed by atoms with Crippen LogP contribution >= 0.6 is 0 Å². The molecule has 0 spiro atoms. The lowest BCUT2D eigenvalue weighted by atomic mass is 10.1. The number of hydrogen-bond donors (Lipinski definition) is 0. The van der Waals surface area contributed by atoms with Crippen molar-refractivity contribution in [2.45, 2.75) is 32.1 Å². The Balaban J connectivity index is 2.03. The average molecular weight is 266 g/mol. The molecule has 20 heavy (non-hydrogen) atoms. The monoisotopic (exact) mass is 266 g/mol. The zero-order valence-electron chi connectivity index (χ0n) is 11.1. The minimum absolute atomic E-state index is 0.118. The molecule has 4 rings (SSSR count). The quantitative estimate of drug-likeness (QED) is 0.356. The fourth-order valence-electron chi connectivity index (χ4n) is 3.22. The molecule has 0 saturated heterocycles. The highest BCUT2D eigenvalue weighted by atomic mass is 16.5. The van der Waals surface area contributed by atoms with Crippen LogP contribution in [-0.2, 0) is 12.8 Å². The van der Waals surface area contributed by atoms with E-state index in [1.54, 1.807) is 6.07 Å². The molecule has 1 aromatic carbocycles. The topological polar surface area (TPSA) is 56.9 Å². The average Bonchev–Trinajstić information content (AvgIpc) is 2.64. The molecule has 1 aromatic heterocycles. The summed E-state index contributed by atoms with van der Waals surface area (Å²) < 4.78 is 0.965. The second-order valence-electron chi connectivity index (χ2n) is 5.43. The summed E-state index contributed by atoms with van der Waals surface area (Å²) in [6.07, 6.45) is 4.74. The molecule has 0 saturated carbocycles. The molecule has 0 unspecified atom stereocenters. The molecular formula is C16H14N2O2. The second-order valence-corrected chi connectivity index (χ2v) is 5.43. The molecule has 0 fully saturated rings. The highest BCUT2D eigenvalue weighted by Crippen LogP contribution is 2.34. The third-order valence-corrected chi connectivity index (χ3v) is 4.22. The molecule has 0 aliphatic heterocycles. The highest BCUT2D eigenvalue weighted by molar-refractivity contribution is 6.19. The summed E-state index contributed by atoms with van der Waals surface area (Å²) in [6, 6.07) is 7.28. The SMILES string of the molecule is O=C1c2ccccc2-c2c1nc1c([n+]2[O-])CCCCC1. The van der Waals surface area contributed by atoms with E-state index in [1.807, 2.05) is 18.2 Å². The summed E-state index contributed by atoms with van der Waals surface area (Å²) in [5.74, 6) is -0.118. The Kier molecular flexibility index (Phi) is 2.39. The van der Waals surface area contributed by atoms with Gasteiger partial charge in [-0.1, -0.05) is 24.6 Å². The van der Waals surface area contributed by atoms with E-state index in [0.29, 0.717) is 17.0 Å². The Morgan fingerprint density at radius 2 is 1.80 bits per heavy atom. The maximum atomic E-state index is 12.7. The van der Waals surface area contributed by atoms with Gasteiger partial charge in [0.15, 0.2) is 5.69 Å². The van der Waals surface area contributed by atoms with Crippen molar-refractivity contribution < 1.29 is 9.52 Å². The van der Waals surface area contributed by atoms with E-state index in [1.165, 1.54) is 0 Å². The van der Waals surface area contributed by atoms with Crippen molar-refractivity contribution in [3.63, 3.8) is 0 Å². The molecule has 100 valence electrons. The molecule has 2 aromatic rings. The number of fused-ring (bicyclic) bond motifs is 4. The minimum Gasteiger partial charge on any atom is -0.618 e. The van der Waals surface area contributed by atoms with Gasteiger partial charge < -0.3 is 5.21 Å². The minimum atomic E-state index is -0.118. The van der Waals surface area contributed by atoms with Crippen molar-refractivity contribution in [2.24, 2.45) is 0 Å². The van der Waals surface area contributed by atoms with E-state index in [-0.39, 0.29) is 5.78 Å². The predicted octanol–water partition coefficient (Wildman–Crippen LogP) is 2.20. The first-order valence-corrected chi connectivity index (χ1v) is 7.07. The fourth-order valence-corrected chi connectivity index (χ4v) is 3.22. The van der Waals surface area contributed by atoms with Gasteiger partial charge in [-0.05, 0) is 25.3 Å². The van der Waals surface area contributed by atoms with Crippen LogP contribution in [0, 0.1) is 5.21 Å². The van der Waals surface area contributed by atoms with Gasteiger partial charge in [0.2, 0.25) is 11.5 Å². The molecule has 0 atom stereocenters. The van der Waals surface area contributed by atoms with E-state index >= 15 is 0 Å². The Bertz CT molecular complexity index is 737. The number of ketones is 1. The molecule has 1 heterocycles. The maximum absolute atomic E-state index is 12.7. The Morgan fingerprint density at radius 3 is 2.65 bits per heavy atom. The van der Waals surface area contributed by atoms with Crippen LogP contribution in [0.1, 0.15) is 46.7 Å². The van der Waals surface area contributed by atoms with Crippen LogP contribution in [0.3, 0.4) is 0 Å². The Hall–Kier alpha value is -2.23. The van der Waals surface area contributed by atoms with Crippen LogP contribution in [-0.4, -0.2) is 10.8 Å². The standard InChI is InChI=1S/C16H14N2O2/c19-16-11-7-5-4-6-10(11)15-14(16)17-12-8-2-1-3-9-13(12)18(15)20/h4-7H,1-3,8-9H2. The van der Waals surface area contributed by atoms with Crippen LogP contribution in [0.2, 0.25) is 0 Å². The lowest BCUT2D eigenvalue weighted by molar-refractivity contribution is -0.603. The van der Waals surface area contributed by atoms with Gasteiger partial charge in [-0.2, -0.15) is 4.73 Å². The molecule has 4 heteroatoms. The van der Waals surface area contributed by atoms with Crippen LogP contribution in [0.5, 0.6) is 0 Å². The molecule has 2 aliphatic rings. The van der Waals surface area contributed by atoms with Gasteiger partial charge in [-0.25, -0.2) is 4.98 Å². The summed E-state index contributed by atoms with van der Waals surface area (Å²) in [7, 11) is 0. The number of benzene rings is 1. The second kappa shape index (κ2) is 4.13. The highest BCUT2D eigenvalue weighted by Gasteiger charge is 2.37. The lowest BCUT2D eigenvalue weighted by Crippen LogP contribution is -2.37. The Morgan fingerprint density at radius 1 is 1.05 bits per heavy atom. The van der Waals surface area contributed by atoms with E-state index in [9.17, 15) is 10.0 Å². The molecule has 0 amide bonds. The van der Waals surface area contributed by atoms with Crippen LogP contribution in [0.25, 0.3) is 11.3 Å². The van der Waals surface area contributed by atoms with Gasteiger partial charge in [-0.3, -0.25) is 4.79 Å². The molecule has 0 N–H and O–H groups in total. The molecule has 0 radical (unpaired) electrons. The third-order valence-electron chi connectivity index (χ3n) is 4.22. The van der Waals surface area contributed by atoms with Gasteiger partial charge >= 0.3 is 0 Å². The van der Waals surface area contributed by atoms with E-state index in [4.69, 9.17) is 0 Å². The van der Waals surface area contributed by atoms with Crippen molar-refractivity contribution >= 4 is 5.78 Å². The molecular weight excluding hydrogens is 252 g/mol. The summed E-state index contributed by atoms with van der Waals surface area (Å²) in [5.41, 5.74) is 3.68. The summed E-state index contributed by atoms with van der Waals surface area (Å²) >= 11 is 0. The number of hydrogen-bond acceptors (Lipinski definition) is 3.